The molecular formula is C14H17NO3. The van der Waals surface area contributed by atoms with E-state index in [0.717, 1.165) is 43.0 Å². The molecule has 1 aromatic rings. The number of likely N-dealkylation sites (tertiary alicyclic amines) is 1. The monoisotopic (exact) mass is 247 g/mol. The van der Waals surface area contributed by atoms with Gasteiger partial charge in [0.2, 0.25) is 5.91 Å². The van der Waals surface area contributed by atoms with Crippen molar-refractivity contribution in [3.63, 3.8) is 0 Å². The molecule has 96 valence electrons. The average Bonchev–Trinajstić information content (AvgIpc) is 2.92. The first-order valence-electron chi connectivity index (χ1n) is 6.49. The zero-order valence-corrected chi connectivity index (χ0v) is 10.4. The SMILES string of the molecule is O=C(Cc1ccc2c(c1)OCCO2)N1CCCC1. The smallest absolute Gasteiger partial charge is 0.226 e. The summed E-state index contributed by atoms with van der Waals surface area (Å²) in [6.07, 6.45) is 2.72. The number of hydrogen-bond acceptors (Lipinski definition) is 3. The summed E-state index contributed by atoms with van der Waals surface area (Å²) in [4.78, 5) is 14.0. The minimum absolute atomic E-state index is 0.212. The number of benzene rings is 1. The number of amides is 1. The fourth-order valence-corrected chi connectivity index (χ4v) is 2.45. The van der Waals surface area contributed by atoms with Crippen LogP contribution in [0.2, 0.25) is 0 Å². The normalized spacial score (nSPS) is 17.9. The number of hydrogen-bond donors (Lipinski definition) is 0. The minimum Gasteiger partial charge on any atom is -0.486 e. The third-order valence-corrected chi connectivity index (χ3v) is 3.42. The molecule has 4 nitrogen and oxygen atoms in total. The molecule has 0 N–H and O–H groups in total. The first kappa shape index (κ1) is 11.4. The molecule has 0 unspecified atom stereocenters. The molecule has 0 bridgehead atoms. The van der Waals surface area contributed by atoms with E-state index in [4.69, 9.17) is 9.47 Å². The molecule has 18 heavy (non-hydrogen) atoms. The van der Waals surface area contributed by atoms with E-state index in [9.17, 15) is 4.79 Å². The predicted molar refractivity (Wildman–Crippen MR) is 67.0 cm³/mol. The van der Waals surface area contributed by atoms with Gasteiger partial charge in [0.1, 0.15) is 13.2 Å². The van der Waals surface area contributed by atoms with Crippen molar-refractivity contribution in [1.82, 2.24) is 4.90 Å². The lowest BCUT2D eigenvalue weighted by Gasteiger charge is -2.19. The molecule has 1 saturated heterocycles. The topological polar surface area (TPSA) is 38.8 Å². The van der Waals surface area contributed by atoms with E-state index in [1.54, 1.807) is 0 Å². The molecular weight excluding hydrogens is 230 g/mol. The van der Waals surface area contributed by atoms with Gasteiger partial charge in [-0.3, -0.25) is 4.79 Å². The molecule has 0 radical (unpaired) electrons. The van der Waals surface area contributed by atoms with Gasteiger partial charge >= 0.3 is 0 Å². The molecule has 2 heterocycles. The van der Waals surface area contributed by atoms with E-state index in [1.807, 2.05) is 23.1 Å². The van der Waals surface area contributed by atoms with Gasteiger partial charge in [0.05, 0.1) is 6.42 Å². The summed E-state index contributed by atoms with van der Waals surface area (Å²) in [6, 6.07) is 5.75. The molecule has 0 atom stereocenters. The van der Waals surface area contributed by atoms with Crippen LogP contribution < -0.4 is 9.47 Å². The average molecular weight is 247 g/mol. The van der Waals surface area contributed by atoms with Crippen LogP contribution in [0.1, 0.15) is 18.4 Å². The highest BCUT2D eigenvalue weighted by Crippen LogP contribution is 2.31. The maximum atomic E-state index is 12.0. The van der Waals surface area contributed by atoms with E-state index >= 15 is 0 Å². The standard InChI is InChI=1S/C14H17NO3/c16-14(15-5-1-2-6-15)10-11-3-4-12-13(9-11)18-8-7-17-12/h3-4,9H,1-2,5-8,10H2. The molecule has 4 heteroatoms. The fourth-order valence-electron chi connectivity index (χ4n) is 2.45. The quantitative estimate of drug-likeness (QED) is 0.797. The number of rotatable bonds is 2. The Labute approximate surface area is 106 Å². The lowest BCUT2D eigenvalue weighted by molar-refractivity contribution is -0.129. The summed E-state index contributed by atoms with van der Waals surface area (Å²) in [5.41, 5.74) is 0.996. The summed E-state index contributed by atoms with van der Waals surface area (Å²) in [5.74, 6) is 1.75. The van der Waals surface area contributed by atoms with E-state index in [-0.39, 0.29) is 5.91 Å². The Morgan fingerprint density at radius 1 is 1.11 bits per heavy atom. The first-order valence-corrected chi connectivity index (χ1v) is 6.49. The third-order valence-electron chi connectivity index (χ3n) is 3.42. The van der Waals surface area contributed by atoms with Crippen LogP contribution in [0.15, 0.2) is 18.2 Å². The Morgan fingerprint density at radius 2 is 1.83 bits per heavy atom. The Kier molecular flexibility index (Phi) is 3.09. The maximum Gasteiger partial charge on any atom is 0.226 e. The first-order chi connectivity index (χ1) is 8.83. The maximum absolute atomic E-state index is 12.0. The van der Waals surface area contributed by atoms with Gasteiger partial charge < -0.3 is 14.4 Å². The van der Waals surface area contributed by atoms with Gasteiger partial charge in [-0.05, 0) is 30.5 Å². The van der Waals surface area contributed by atoms with Crippen molar-refractivity contribution in [3.8, 4) is 11.5 Å². The Balaban J connectivity index is 1.70. The fraction of sp³-hybridized carbons (Fsp3) is 0.500. The molecule has 0 aromatic heterocycles. The van der Waals surface area contributed by atoms with Crippen LogP contribution in [-0.2, 0) is 11.2 Å². The van der Waals surface area contributed by atoms with Gasteiger partial charge in [0.15, 0.2) is 11.5 Å². The summed E-state index contributed by atoms with van der Waals surface area (Å²) >= 11 is 0. The molecule has 0 saturated carbocycles. The highest BCUT2D eigenvalue weighted by atomic mass is 16.6. The molecule has 0 aliphatic carbocycles. The Hall–Kier alpha value is -1.71. The van der Waals surface area contributed by atoms with Gasteiger partial charge in [-0.1, -0.05) is 6.07 Å². The van der Waals surface area contributed by atoms with Crippen molar-refractivity contribution in [1.29, 1.82) is 0 Å². The Morgan fingerprint density at radius 3 is 2.61 bits per heavy atom. The van der Waals surface area contributed by atoms with Gasteiger partial charge in [-0.2, -0.15) is 0 Å². The van der Waals surface area contributed by atoms with Crippen molar-refractivity contribution in [2.45, 2.75) is 19.3 Å². The summed E-state index contributed by atoms with van der Waals surface area (Å²) in [7, 11) is 0. The van der Waals surface area contributed by atoms with Crippen LogP contribution >= 0.6 is 0 Å². The summed E-state index contributed by atoms with van der Waals surface area (Å²) in [6.45, 7) is 2.99. The second-order valence-corrected chi connectivity index (χ2v) is 4.74. The second-order valence-electron chi connectivity index (χ2n) is 4.74. The van der Waals surface area contributed by atoms with Gasteiger partial charge in [0.25, 0.3) is 0 Å². The molecule has 1 aromatic carbocycles. The van der Waals surface area contributed by atoms with E-state index in [2.05, 4.69) is 0 Å². The van der Waals surface area contributed by atoms with Crippen LogP contribution in [0, 0.1) is 0 Å². The second kappa shape index (κ2) is 4.88. The van der Waals surface area contributed by atoms with Gasteiger partial charge in [-0.25, -0.2) is 0 Å². The van der Waals surface area contributed by atoms with Crippen LogP contribution in [0.5, 0.6) is 11.5 Å². The van der Waals surface area contributed by atoms with Crippen molar-refractivity contribution < 1.29 is 14.3 Å². The molecule has 2 aliphatic heterocycles. The molecule has 1 amide bonds. The summed E-state index contributed by atoms with van der Waals surface area (Å²) < 4.78 is 11.0. The van der Waals surface area contributed by atoms with Gasteiger partial charge in [-0.15, -0.1) is 0 Å². The number of nitrogens with zero attached hydrogens (tertiary/aromatic N) is 1. The highest BCUT2D eigenvalue weighted by Gasteiger charge is 2.19. The molecule has 0 spiro atoms. The number of fused-ring (bicyclic) bond motifs is 1. The number of carbonyl (C=O) groups is 1. The Bertz CT molecular complexity index is 452. The molecule has 3 rings (SSSR count). The van der Waals surface area contributed by atoms with Crippen molar-refractivity contribution >= 4 is 5.91 Å². The lowest BCUT2D eigenvalue weighted by Crippen LogP contribution is -2.29. The minimum atomic E-state index is 0.212. The van der Waals surface area contributed by atoms with Crippen molar-refractivity contribution in [2.75, 3.05) is 26.3 Å². The molecule has 1 fully saturated rings. The van der Waals surface area contributed by atoms with E-state index in [1.165, 1.54) is 0 Å². The van der Waals surface area contributed by atoms with Gasteiger partial charge in [0, 0.05) is 13.1 Å². The lowest BCUT2D eigenvalue weighted by atomic mass is 10.1. The zero-order chi connectivity index (χ0) is 12.4. The highest BCUT2D eigenvalue weighted by molar-refractivity contribution is 5.79. The van der Waals surface area contributed by atoms with Crippen LogP contribution in [0.3, 0.4) is 0 Å². The van der Waals surface area contributed by atoms with Crippen LogP contribution in [-0.4, -0.2) is 37.1 Å². The number of ether oxygens (including phenoxy) is 2. The third kappa shape index (κ3) is 2.28. The molecule has 2 aliphatic rings. The zero-order valence-electron chi connectivity index (χ0n) is 10.4. The van der Waals surface area contributed by atoms with Crippen molar-refractivity contribution in [2.24, 2.45) is 0 Å². The predicted octanol–water partition coefficient (Wildman–Crippen LogP) is 1.62. The van der Waals surface area contributed by atoms with Crippen LogP contribution in [0.4, 0.5) is 0 Å². The van der Waals surface area contributed by atoms with Crippen molar-refractivity contribution in [3.05, 3.63) is 23.8 Å². The summed E-state index contributed by atoms with van der Waals surface area (Å²) in [5, 5.41) is 0. The number of carbonyl (C=O) groups excluding carboxylic acids is 1. The van der Waals surface area contributed by atoms with E-state index < -0.39 is 0 Å². The largest absolute Gasteiger partial charge is 0.486 e. The van der Waals surface area contributed by atoms with E-state index in [0.29, 0.717) is 19.6 Å². The van der Waals surface area contributed by atoms with Crippen LogP contribution in [0.25, 0.3) is 0 Å².